The Kier molecular flexibility index (Phi) is 3.90. The molecule has 0 aliphatic heterocycles. The lowest BCUT2D eigenvalue weighted by atomic mass is 10.1. The first-order valence-corrected chi connectivity index (χ1v) is 6.03. The fraction of sp³-hybridized carbons (Fsp3) is 0.200. The highest BCUT2D eigenvalue weighted by Gasteiger charge is 2.07. The Morgan fingerprint density at radius 2 is 2.05 bits per heavy atom. The van der Waals surface area contributed by atoms with Crippen molar-refractivity contribution in [2.24, 2.45) is 0 Å². The summed E-state index contributed by atoms with van der Waals surface area (Å²) >= 11 is 0. The maximum atomic E-state index is 13.3. The summed E-state index contributed by atoms with van der Waals surface area (Å²) in [6, 6.07) is 10.2. The van der Waals surface area contributed by atoms with Gasteiger partial charge in [0, 0.05) is 12.1 Å². The molecule has 2 rings (SSSR count). The molecule has 0 aliphatic carbocycles. The molecular weight excluding hydrogens is 243 g/mol. The Morgan fingerprint density at radius 1 is 1.26 bits per heavy atom. The van der Waals surface area contributed by atoms with Gasteiger partial charge < -0.3 is 15.8 Å². The van der Waals surface area contributed by atoms with Gasteiger partial charge in [-0.05, 0) is 36.8 Å². The summed E-state index contributed by atoms with van der Waals surface area (Å²) < 4.78 is 18.5. The number of anilines is 2. The van der Waals surface area contributed by atoms with Gasteiger partial charge in [0.25, 0.3) is 0 Å². The van der Waals surface area contributed by atoms with Crippen LogP contribution >= 0.6 is 0 Å². The molecule has 2 aromatic carbocycles. The lowest BCUT2D eigenvalue weighted by Gasteiger charge is -2.14. The molecule has 100 valence electrons. The number of hydrogen-bond donors (Lipinski definition) is 2. The van der Waals surface area contributed by atoms with Crippen LogP contribution in [0.15, 0.2) is 36.4 Å². The highest BCUT2D eigenvalue weighted by molar-refractivity contribution is 5.70. The number of para-hydroxylation sites is 1. The molecule has 19 heavy (non-hydrogen) atoms. The number of ether oxygens (including phenoxy) is 1. The first-order valence-electron chi connectivity index (χ1n) is 6.03. The van der Waals surface area contributed by atoms with Crippen molar-refractivity contribution in [3.05, 3.63) is 53.3 Å². The summed E-state index contributed by atoms with van der Waals surface area (Å²) in [7, 11) is 1.57. The lowest BCUT2D eigenvalue weighted by molar-refractivity contribution is 0.409. The molecule has 3 nitrogen and oxygen atoms in total. The zero-order valence-corrected chi connectivity index (χ0v) is 11.0. The van der Waals surface area contributed by atoms with Crippen molar-refractivity contribution in [2.75, 3.05) is 18.2 Å². The summed E-state index contributed by atoms with van der Waals surface area (Å²) in [5.41, 5.74) is 9.27. The first kappa shape index (κ1) is 13.2. The van der Waals surface area contributed by atoms with Crippen molar-refractivity contribution in [3.8, 4) is 5.75 Å². The van der Waals surface area contributed by atoms with Gasteiger partial charge in [0.05, 0.1) is 18.5 Å². The molecule has 0 amide bonds. The van der Waals surface area contributed by atoms with Crippen LogP contribution in [-0.2, 0) is 6.54 Å². The van der Waals surface area contributed by atoms with E-state index >= 15 is 0 Å². The van der Waals surface area contributed by atoms with Crippen LogP contribution in [0, 0.1) is 12.7 Å². The molecule has 0 aromatic heterocycles. The summed E-state index contributed by atoms with van der Waals surface area (Å²) in [4.78, 5) is 0. The Bertz CT molecular complexity index is 564. The predicted octanol–water partition coefficient (Wildman–Crippen LogP) is 3.34. The Labute approximate surface area is 112 Å². The van der Waals surface area contributed by atoms with E-state index in [1.165, 1.54) is 12.1 Å². The molecule has 0 bridgehead atoms. The molecule has 2 aromatic rings. The van der Waals surface area contributed by atoms with Gasteiger partial charge in [-0.1, -0.05) is 12.1 Å². The van der Waals surface area contributed by atoms with Crippen LogP contribution in [0.3, 0.4) is 0 Å². The molecule has 3 N–H and O–H groups in total. The van der Waals surface area contributed by atoms with Gasteiger partial charge in [0.1, 0.15) is 11.6 Å². The molecular formula is C15H17FN2O. The van der Waals surface area contributed by atoms with Crippen LogP contribution in [-0.4, -0.2) is 7.11 Å². The molecule has 0 fully saturated rings. The van der Waals surface area contributed by atoms with Crippen LogP contribution in [0.25, 0.3) is 0 Å². The zero-order valence-electron chi connectivity index (χ0n) is 11.0. The molecule has 0 spiro atoms. The standard InChI is InChI=1S/C15H17FN2O/c1-10-4-3-5-13(17)15(10)18-9-11-8-12(16)6-7-14(11)19-2/h3-8,18H,9,17H2,1-2H3. The van der Waals surface area contributed by atoms with Crippen molar-refractivity contribution >= 4 is 11.4 Å². The quantitative estimate of drug-likeness (QED) is 0.829. The van der Waals surface area contributed by atoms with Crippen molar-refractivity contribution in [3.63, 3.8) is 0 Å². The topological polar surface area (TPSA) is 47.3 Å². The number of hydrogen-bond acceptors (Lipinski definition) is 3. The normalized spacial score (nSPS) is 10.3. The number of halogens is 1. The van der Waals surface area contributed by atoms with Crippen molar-refractivity contribution < 1.29 is 9.13 Å². The largest absolute Gasteiger partial charge is 0.496 e. The second-order valence-electron chi connectivity index (χ2n) is 4.35. The maximum absolute atomic E-state index is 13.3. The van der Waals surface area contributed by atoms with E-state index < -0.39 is 0 Å². The number of methoxy groups -OCH3 is 1. The first-order chi connectivity index (χ1) is 9.11. The Morgan fingerprint density at radius 3 is 2.74 bits per heavy atom. The predicted molar refractivity (Wildman–Crippen MR) is 75.9 cm³/mol. The van der Waals surface area contributed by atoms with Crippen LogP contribution in [0.2, 0.25) is 0 Å². The molecule has 4 heteroatoms. The molecule has 0 aliphatic rings. The minimum absolute atomic E-state index is 0.282. The number of aryl methyl sites for hydroxylation is 1. The van der Waals surface area contributed by atoms with E-state index in [0.29, 0.717) is 18.0 Å². The third-order valence-electron chi connectivity index (χ3n) is 3.00. The van der Waals surface area contributed by atoms with Gasteiger partial charge in [0.2, 0.25) is 0 Å². The molecule has 0 radical (unpaired) electrons. The van der Waals surface area contributed by atoms with E-state index in [4.69, 9.17) is 10.5 Å². The molecule has 0 heterocycles. The lowest BCUT2D eigenvalue weighted by Crippen LogP contribution is -2.05. The number of nitrogens with two attached hydrogens (primary N) is 1. The Balaban J connectivity index is 2.21. The van der Waals surface area contributed by atoms with Gasteiger partial charge in [-0.3, -0.25) is 0 Å². The van der Waals surface area contributed by atoms with Crippen LogP contribution in [0.1, 0.15) is 11.1 Å². The SMILES string of the molecule is COc1ccc(F)cc1CNc1c(C)cccc1N. The van der Waals surface area contributed by atoms with Crippen molar-refractivity contribution in [1.82, 2.24) is 0 Å². The summed E-state index contributed by atoms with van der Waals surface area (Å²) in [5, 5.41) is 3.23. The minimum atomic E-state index is -0.282. The van der Waals surface area contributed by atoms with Crippen LogP contribution < -0.4 is 15.8 Å². The van der Waals surface area contributed by atoms with E-state index in [9.17, 15) is 4.39 Å². The third kappa shape index (κ3) is 2.96. The van der Waals surface area contributed by atoms with E-state index in [1.54, 1.807) is 13.2 Å². The van der Waals surface area contributed by atoms with E-state index in [1.807, 2.05) is 25.1 Å². The number of nitrogens with one attached hydrogen (secondary N) is 1. The fourth-order valence-corrected chi connectivity index (χ4v) is 2.00. The monoisotopic (exact) mass is 260 g/mol. The molecule has 0 saturated carbocycles. The van der Waals surface area contributed by atoms with E-state index in [2.05, 4.69) is 5.32 Å². The van der Waals surface area contributed by atoms with E-state index in [-0.39, 0.29) is 5.82 Å². The highest BCUT2D eigenvalue weighted by Crippen LogP contribution is 2.25. The van der Waals surface area contributed by atoms with Gasteiger partial charge in [-0.25, -0.2) is 4.39 Å². The molecule has 0 atom stereocenters. The summed E-state index contributed by atoms with van der Waals surface area (Å²) in [6.45, 7) is 2.43. The number of rotatable bonds is 4. The summed E-state index contributed by atoms with van der Waals surface area (Å²) in [6.07, 6.45) is 0. The van der Waals surface area contributed by atoms with Crippen LogP contribution in [0.5, 0.6) is 5.75 Å². The highest BCUT2D eigenvalue weighted by atomic mass is 19.1. The van der Waals surface area contributed by atoms with Gasteiger partial charge >= 0.3 is 0 Å². The molecule has 0 saturated heterocycles. The van der Waals surface area contributed by atoms with Crippen LogP contribution in [0.4, 0.5) is 15.8 Å². The minimum Gasteiger partial charge on any atom is -0.496 e. The smallest absolute Gasteiger partial charge is 0.124 e. The number of nitrogen functional groups attached to an aromatic ring is 1. The zero-order chi connectivity index (χ0) is 13.8. The van der Waals surface area contributed by atoms with Gasteiger partial charge in [-0.15, -0.1) is 0 Å². The van der Waals surface area contributed by atoms with Gasteiger partial charge in [-0.2, -0.15) is 0 Å². The van der Waals surface area contributed by atoms with Crippen molar-refractivity contribution in [2.45, 2.75) is 13.5 Å². The van der Waals surface area contributed by atoms with Crippen molar-refractivity contribution in [1.29, 1.82) is 0 Å². The molecule has 0 unspecified atom stereocenters. The average molecular weight is 260 g/mol. The van der Waals surface area contributed by atoms with E-state index in [0.717, 1.165) is 16.8 Å². The summed E-state index contributed by atoms with van der Waals surface area (Å²) in [5.74, 6) is 0.372. The fourth-order valence-electron chi connectivity index (χ4n) is 2.00. The third-order valence-corrected chi connectivity index (χ3v) is 3.00. The average Bonchev–Trinajstić information content (AvgIpc) is 2.38. The second-order valence-corrected chi connectivity index (χ2v) is 4.35. The van der Waals surface area contributed by atoms with Gasteiger partial charge in [0.15, 0.2) is 0 Å². The Hall–Kier alpha value is -2.23. The maximum Gasteiger partial charge on any atom is 0.124 e. The second kappa shape index (κ2) is 5.61. The number of benzene rings is 2.